The summed E-state index contributed by atoms with van der Waals surface area (Å²) in [5.74, 6) is 0.275. The highest BCUT2D eigenvalue weighted by Gasteiger charge is 2.28. The number of amides is 1. The molecule has 1 aliphatic carbocycles. The van der Waals surface area contributed by atoms with Gasteiger partial charge in [0.25, 0.3) is 0 Å². The molecule has 1 amide bonds. The number of aryl methyl sites for hydroxylation is 1. The van der Waals surface area contributed by atoms with E-state index in [0.717, 1.165) is 16.6 Å². The molecule has 0 aliphatic heterocycles. The molecule has 1 aliphatic rings. The van der Waals surface area contributed by atoms with Crippen LogP contribution in [0.2, 0.25) is 0 Å². The number of hydrogen-bond donors (Lipinski definition) is 0. The molecule has 0 aromatic carbocycles. The number of nitrogens with zero attached hydrogens (tertiary/aromatic N) is 2. The molecule has 1 unspecified atom stereocenters. The second-order valence-corrected chi connectivity index (χ2v) is 7.88. The average Bonchev–Trinajstić information content (AvgIpc) is 2.86. The first-order valence-electron chi connectivity index (χ1n) is 7.51. The van der Waals surface area contributed by atoms with Crippen LogP contribution in [0.25, 0.3) is 0 Å². The third-order valence-corrected chi connectivity index (χ3v) is 6.04. The van der Waals surface area contributed by atoms with Gasteiger partial charge in [-0.15, -0.1) is 11.3 Å². The first-order chi connectivity index (χ1) is 9.61. The fourth-order valence-corrected chi connectivity index (χ4v) is 4.86. The average molecular weight is 313 g/mol. The Balaban J connectivity index is 1.96. The fourth-order valence-electron chi connectivity index (χ4n) is 2.81. The highest BCUT2D eigenvalue weighted by atomic mass is 32.2. The third kappa shape index (κ3) is 3.98. The van der Waals surface area contributed by atoms with Crippen molar-refractivity contribution in [2.45, 2.75) is 68.5 Å². The fraction of sp³-hybridized carbons (Fsp3) is 0.733. The van der Waals surface area contributed by atoms with E-state index in [1.807, 2.05) is 19.2 Å². The van der Waals surface area contributed by atoms with Crippen molar-refractivity contribution in [3.8, 4) is 0 Å². The van der Waals surface area contributed by atoms with Crippen molar-refractivity contribution < 1.29 is 4.79 Å². The Morgan fingerprint density at radius 2 is 2.20 bits per heavy atom. The second-order valence-electron chi connectivity index (χ2n) is 5.43. The van der Waals surface area contributed by atoms with Gasteiger partial charge in [0.1, 0.15) is 0 Å². The first kappa shape index (κ1) is 15.8. The summed E-state index contributed by atoms with van der Waals surface area (Å²) in [4.78, 5) is 19.2. The summed E-state index contributed by atoms with van der Waals surface area (Å²) in [5, 5.41) is 2.00. The third-order valence-electron chi connectivity index (χ3n) is 3.86. The van der Waals surface area contributed by atoms with Crippen molar-refractivity contribution in [1.82, 2.24) is 9.88 Å². The van der Waals surface area contributed by atoms with Crippen molar-refractivity contribution in [1.29, 1.82) is 0 Å². The maximum absolute atomic E-state index is 12.7. The lowest BCUT2D eigenvalue weighted by Gasteiger charge is -2.35. The predicted octanol–water partition coefficient (Wildman–Crippen LogP) is 4.11. The Bertz CT molecular complexity index is 441. The zero-order valence-electron chi connectivity index (χ0n) is 12.6. The maximum Gasteiger partial charge on any atom is 0.236 e. The number of carbonyl (C=O) groups excluding carboxylic acids is 1. The molecule has 0 radical (unpaired) electrons. The van der Waals surface area contributed by atoms with E-state index >= 15 is 0 Å². The van der Waals surface area contributed by atoms with Crippen LogP contribution in [0.15, 0.2) is 9.72 Å². The molecule has 3 nitrogen and oxygen atoms in total. The van der Waals surface area contributed by atoms with Gasteiger partial charge < -0.3 is 4.90 Å². The molecule has 0 spiro atoms. The van der Waals surface area contributed by atoms with E-state index in [-0.39, 0.29) is 11.2 Å². The molecule has 1 aromatic heterocycles. The van der Waals surface area contributed by atoms with E-state index in [0.29, 0.717) is 6.04 Å². The smallest absolute Gasteiger partial charge is 0.236 e. The highest BCUT2D eigenvalue weighted by molar-refractivity contribution is 8.02. The first-order valence-corrected chi connectivity index (χ1v) is 9.27. The summed E-state index contributed by atoms with van der Waals surface area (Å²) in [6.45, 7) is 6.92. The van der Waals surface area contributed by atoms with Gasteiger partial charge in [-0.2, -0.15) is 0 Å². The van der Waals surface area contributed by atoms with Gasteiger partial charge in [-0.05, 0) is 33.6 Å². The van der Waals surface area contributed by atoms with Gasteiger partial charge in [-0.25, -0.2) is 4.98 Å². The lowest BCUT2D eigenvalue weighted by atomic mass is 9.94. The lowest BCUT2D eigenvalue weighted by molar-refractivity contribution is -0.133. The van der Waals surface area contributed by atoms with Crippen molar-refractivity contribution in [3.05, 3.63) is 11.1 Å². The van der Waals surface area contributed by atoms with Gasteiger partial charge in [0.15, 0.2) is 4.34 Å². The lowest BCUT2D eigenvalue weighted by Crippen LogP contribution is -2.44. The quantitative estimate of drug-likeness (QED) is 0.767. The van der Waals surface area contributed by atoms with Crippen LogP contribution >= 0.6 is 23.1 Å². The summed E-state index contributed by atoms with van der Waals surface area (Å²) < 4.78 is 1.00. The topological polar surface area (TPSA) is 33.2 Å². The van der Waals surface area contributed by atoms with Crippen LogP contribution in [0.3, 0.4) is 0 Å². The normalized spacial score (nSPS) is 17.9. The van der Waals surface area contributed by atoms with E-state index in [1.165, 1.54) is 32.1 Å². The van der Waals surface area contributed by atoms with Gasteiger partial charge in [0.05, 0.1) is 5.25 Å². The predicted molar refractivity (Wildman–Crippen MR) is 86.4 cm³/mol. The molecule has 20 heavy (non-hydrogen) atoms. The van der Waals surface area contributed by atoms with E-state index < -0.39 is 0 Å². The summed E-state index contributed by atoms with van der Waals surface area (Å²) >= 11 is 3.23. The van der Waals surface area contributed by atoms with Gasteiger partial charge in [0.2, 0.25) is 5.91 Å². The molecule has 0 bridgehead atoms. The summed E-state index contributed by atoms with van der Waals surface area (Å²) in [6.07, 6.45) is 6.20. The van der Waals surface area contributed by atoms with Crippen molar-refractivity contribution in [2.24, 2.45) is 0 Å². The highest BCUT2D eigenvalue weighted by Crippen LogP contribution is 2.29. The standard InChI is InChI=1S/C15H24N2OS2/c1-4-17(13-8-6-5-7-9-13)14(18)12(3)20-15-16-11(2)10-19-15/h10,12-13H,4-9H2,1-3H3. The van der Waals surface area contributed by atoms with E-state index in [4.69, 9.17) is 0 Å². The maximum atomic E-state index is 12.7. The van der Waals surface area contributed by atoms with E-state index in [1.54, 1.807) is 23.1 Å². The van der Waals surface area contributed by atoms with Crippen molar-refractivity contribution >= 4 is 29.0 Å². The second kappa shape index (κ2) is 7.46. The van der Waals surface area contributed by atoms with Crippen LogP contribution in [-0.4, -0.2) is 33.6 Å². The van der Waals surface area contributed by atoms with Crippen LogP contribution in [-0.2, 0) is 4.79 Å². The molecule has 1 atom stereocenters. The molecular weight excluding hydrogens is 288 g/mol. The summed E-state index contributed by atoms with van der Waals surface area (Å²) in [7, 11) is 0. The van der Waals surface area contributed by atoms with Crippen LogP contribution in [0.4, 0.5) is 0 Å². The molecule has 1 aromatic rings. The number of carbonyl (C=O) groups is 1. The molecule has 2 rings (SSSR count). The molecule has 0 N–H and O–H groups in total. The zero-order chi connectivity index (χ0) is 14.5. The van der Waals surface area contributed by atoms with Crippen molar-refractivity contribution in [3.63, 3.8) is 0 Å². The Labute approximate surface area is 130 Å². The molecule has 1 heterocycles. The van der Waals surface area contributed by atoms with Gasteiger partial charge >= 0.3 is 0 Å². The number of aromatic nitrogens is 1. The molecule has 1 fully saturated rings. The Morgan fingerprint density at radius 3 is 2.75 bits per heavy atom. The Kier molecular flexibility index (Phi) is 5.90. The van der Waals surface area contributed by atoms with E-state index in [2.05, 4.69) is 16.8 Å². The minimum Gasteiger partial charge on any atom is -0.339 e. The minimum absolute atomic E-state index is 0.0394. The van der Waals surface area contributed by atoms with Crippen LogP contribution in [0.5, 0.6) is 0 Å². The minimum atomic E-state index is -0.0394. The SMILES string of the molecule is CCN(C(=O)C(C)Sc1nc(C)cs1)C1CCCCC1. The van der Waals surface area contributed by atoms with E-state index in [9.17, 15) is 4.79 Å². The Hall–Kier alpha value is -0.550. The monoisotopic (exact) mass is 312 g/mol. The molecule has 0 saturated heterocycles. The molecule has 5 heteroatoms. The van der Waals surface area contributed by atoms with Gasteiger partial charge in [-0.1, -0.05) is 31.0 Å². The molecule has 112 valence electrons. The molecular formula is C15H24N2OS2. The summed E-state index contributed by atoms with van der Waals surface area (Å²) in [5.41, 5.74) is 1.04. The number of hydrogen-bond acceptors (Lipinski definition) is 4. The van der Waals surface area contributed by atoms with Crippen LogP contribution in [0.1, 0.15) is 51.6 Å². The number of thioether (sulfide) groups is 1. The van der Waals surface area contributed by atoms with Crippen LogP contribution < -0.4 is 0 Å². The van der Waals surface area contributed by atoms with Gasteiger partial charge in [-0.3, -0.25) is 4.79 Å². The number of rotatable bonds is 5. The van der Waals surface area contributed by atoms with Crippen LogP contribution in [0, 0.1) is 6.92 Å². The Morgan fingerprint density at radius 1 is 1.50 bits per heavy atom. The molecule has 1 saturated carbocycles. The number of thiazole rings is 1. The largest absolute Gasteiger partial charge is 0.339 e. The zero-order valence-corrected chi connectivity index (χ0v) is 14.2. The van der Waals surface area contributed by atoms with Gasteiger partial charge in [0, 0.05) is 23.7 Å². The summed E-state index contributed by atoms with van der Waals surface area (Å²) in [6, 6.07) is 0.460. The van der Waals surface area contributed by atoms with Crippen molar-refractivity contribution in [2.75, 3.05) is 6.54 Å².